The predicted molar refractivity (Wildman–Crippen MR) is 109 cm³/mol. The Morgan fingerprint density at radius 2 is 2.07 bits per heavy atom. The number of carbonyl (C=O) groups excluding carboxylic acids is 1. The standard InChI is InChI=1S/C20H19BrFN3OS/c1-25(12-15-11-16(21)7-8-17(15)22)13-18(26)24-19(20-23-9-10-27-20)14-5-3-2-4-6-14/h2-11,19H,12-13H2,1H3,(H,24,26). The summed E-state index contributed by atoms with van der Waals surface area (Å²) >= 11 is 4.85. The van der Waals surface area contributed by atoms with Crippen LogP contribution >= 0.6 is 27.3 Å². The minimum Gasteiger partial charge on any atom is -0.342 e. The SMILES string of the molecule is CN(CC(=O)NC(c1ccccc1)c1nccs1)Cc1cc(Br)ccc1F. The van der Waals surface area contributed by atoms with E-state index in [-0.39, 0.29) is 24.3 Å². The van der Waals surface area contributed by atoms with Crippen LogP contribution in [0, 0.1) is 5.82 Å². The van der Waals surface area contributed by atoms with Crippen molar-refractivity contribution in [3.8, 4) is 0 Å². The second-order valence-corrected chi connectivity index (χ2v) is 8.03. The summed E-state index contributed by atoms with van der Waals surface area (Å²) in [6, 6.07) is 14.2. The topological polar surface area (TPSA) is 45.2 Å². The normalized spacial score (nSPS) is 12.1. The maximum absolute atomic E-state index is 13.9. The van der Waals surface area contributed by atoms with Crippen LogP contribution in [0.15, 0.2) is 64.6 Å². The van der Waals surface area contributed by atoms with E-state index in [9.17, 15) is 9.18 Å². The summed E-state index contributed by atoms with van der Waals surface area (Å²) in [6.45, 7) is 0.493. The number of likely N-dealkylation sites (N-methyl/N-ethyl adjacent to an activating group) is 1. The molecular formula is C20H19BrFN3OS. The average molecular weight is 448 g/mol. The van der Waals surface area contributed by atoms with Crippen LogP contribution in [0.2, 0.25) is 0 Å². The molecule has 2 aromatic carbocycles. The molecule has 0 aliphatic carbocycles. The number of carbonyl (C=O) groups is 1. The van der Waals surface area contributed by atoms with E-state index < -0.39 is 0 Å². The molecule has 0 saturated heterocycles. The van der Waals surface area contributed by atoms with Crippen LogP contribution in [0.1, 0.15) is 22.2 Å². The minimum absolute atomic E-state index is 0.142. The zero-order chi connectivity index (χ0) is 19.2. The van der Waals surface area contributed by atoms with Crippen LogP contribution in [-0.4, -0.2) is 29.4 Å². The van der Waals surface area contributed by atoms with E-state index in [0.717, 1.165) is 15.0 Å². The number of hydrogen-bond acceptors (Lipinski definition) is 4. The Labute approximate surface area is 170 Å². The smallest absolute Gasteiger partial charge is 0.235 e. The number of benzene rings is 2. The van der Waals surface area contributed by atoms with Crippen LogP contribution in [-0.2, 0) is 11.3 Å². The van der Waals surface area contributed by atoms with E-state index in [0.29, 0.717) is 12.1 Å². The summed E-state index contributed by atoms with van der Waals surface area (Å²) in [5.41, 5.74) is 1.51. The van der Waals surface area contributed by atoms with Crippen LogP contribution < -0.4 is 5.32 Å². The lowest BCUT2D eigenvalue weighted by molar-refractivity contribution is -0.122. The molecule has 1 aromatic heterocycles. The van der Waals surface area contributed by atoms with Gasteiger partial charge in [-0.15, -0.1) is 11.3 Å². The number of hydrogen-bond donors (Lipinski definition) is 1. The Morgan fingerprint density at radius 3 is 2.78 bits per heavy atom. The molecular weight excluding hydrogens is 429 g/mol. The molecule has 0 aliphatic rings. The fourth-order valence-corrected chi connectivity index (χ4v) is 3.90. The third kappa shape index (κ3) is 5.45. The molecule has 1 atom stereocenters. The fourth-order valence-electron chi connectivity index (χ4n) is 2.77. The first-order valence-corrected chi connectivity index (χ1v) is 10.1. The molecule has 4 nitrogen and oxygen atoms in total. The molecule has 3 aromatic rings. The number of amides is 1. The van der Waals surface area contributed by atoms with E-state index in [4.69, 9.17) is 0 Å². The highest BCUT2D eigenvalue weighted by Crippen LogP contribution is 2.23. The van der Waals surface area contributed by atoms with Gasteiger partial charge in [-0.25, -0.2) is 9.37 Å². The van der Waals surface area contributed by atoms with Crippen molar-refractivity contribution in [2.24, 2.45) is 0 Å². The quantitative estimate of drug-likeness (QED) is 0.584. The van der Waals surface area contributed by atoms with Crippen molar-refractivity contribution in [2.75, 3.05) is 13.6 Å². The maximum atomic E-state index is 13.9. The number of aromatic nitrogens is 1. The Balaban J connectivity index is 1.66. The van der Waals surface area contributed by atoms with Crippen molar-refractivity contribution in [2.45, 2.75) is 12.6 Å². The van der Waals surface area contributed by atoms with Crippen LogP contribution in [0.25, 0.3) is 0 Å². The Hall–Kier alpha value is -2.09. The number of thiazole rings is 1. The molecule has 0 bridgehead atoms. The van der Waals surface area contributed by atoms with Crippen molar-refractivity contribution < 1.29 is 9.18 Å². The lowest BCUT2D eigenvalue weighted by Gasteiger charge is -2.21. The highest BCUT2D eigenvalue weighted by atomic mass is 79.9. The lowest BCUT2D eigenvalue weighted by Crippen LogP contribution is -2.37. The first-order valence-electron chi connectivity index (χ1n) is 8.39. The summed E-state index contributed by atoms with van der Waals surface area (Å²) in [5, 5.41) is 5.76. The highest BCUT2D eigenvalue weighted by Gasteiger charge is 2.20. The molecule has 1 N–H and O–H groups in total. The monoisotopic (exact) mass is 447 g/mol. The van der Waals surface area contributed by atoms with Gasteiger partial charge in [0.25, 0.3) is 0 Å². The van der Waals surface area contributed by atoms with Crippen molar-refractivity contribution in [1.29, 1.82) is 0 Å². The van der Waals surface area contributed by atoms with Crippen molar-refractivity contribution in [3.63, 3.8) is 0 Å². The van der Waals surface area contributed by atoms with Crippen LogP contribution in [0.5, 0.6) is 0 Å². The summed E-state index contributed by atoms with van der Waals surface area (Å²) in [7, 11) is 1.79. The molecule has 3 rings (SSSR count). The molecule has 1 heterocycles. The summed E-state index contributed by atoms with van der Waals surface area (Å²) in [4.78, 5) is 18.7. The third-order valence-electron chi connectivity index (χ3n) is 4.00. The predicted octanol–water partition coefficient (Wildman–Crippen LogP) is 4.38. The van der Waals surface area contributed by atoms with E-state index in [1.807, 2.05) is 35.7 Å². The second-order valence-electron chi connectivity index (χ2n) is 6.19. The summed E-state index contributed by atoms with van der Waals surface area (Å²) in [5.74, 6) is -0.424. The van der Waals surface area contributed by atoms with E-state index in [1.54, 1.807) is 30.3 Å². The lowest BCUT2D eigenvalue weighted by atomic mass is 10.1. The molecule has 1 amide bonds. The zero-order valence-corrected chi connectivity index (χ0v) is 17.1. The number of halogens is 2. The maximum Gasteiger partial charge on any atom is 0.235 e. The Morgan fingerprint density at radius 1 is 1.30 bits per heavy atom. The zero-order valence-electron chi connectivity index (χ0n) is 14.7. The van der Waals surface area contributed by atoms with E-state index >= 15 is 0 Å². The number of nitrogens with one attached hydrogen (secondary N) is 1. The van der Waals surface area contributed by atoms with Gasteiger partial charge >= 0.3 is 0 Å². The molecule has 0 fully saturated rings. The number of nitrogens with zero attached hydrogens (tertiary/aromatic N) is 2. The van der Waals surface area contributed by atoms with Gasteiger partial charge in [0, 0.05) is 28.2 Å². The van der Waals surface area contributed by atoms with Gasteiger partial charge in [-0.05, 0) is 30.8 Å². The van der Waals surface area contributed by atoms with Crippen LogP contribution in [0.3, 0.4) is 0 Å². The molecule has 7 heteroatoms. The van der Waals surface area contributed by atoms with Gasteiger partial charge in [0.2, 0.25) is 5.91 Å². The minimum atomic E-state index is -0.297. The first-order chi connectivity index (χ1) is 13.0. The van der Waals surface area contributed by atoms with Gasteiger partial charge < -0.3 is 5.32 Å². The van der Waals surface area contributed by atoms with Crippen molar-refractivity contribution in [1.82, 2.24) is 15.2 Å². The summed E-state index contributed by atoms with van der Waals surface area (Å²) in [6.07, 6.45) is 1.73. The molecule has 0 saturated carbocycles. The average Bonchev–Trinajstić information content (AvgIpc) is 3.18. The number of rotatable bonds is 7. The van der Waals surface area contributed by atoms with Crippen molar-refractivity contribution in [3.05, 3.63) is 86.5 Å². The van der Waals surface area contributed by atoms with Gasteiger partial charge in [0.1, 0.15) is 16.9 Å². The molecule has 0 spiro atoms. The van der Waals surface area contributed by atoms with E-state index in [2.05, 4.69) is 26.2 Å². The van der Waals surface area contributed by atoms with Crippen molar-refractivity contribution >= 4 is 33.2 Å². The molecule has 140 valence electrons. The second kappa shape index (κ2) is 9.21. The highest BCUT2D eigenvalue weighted by molar-refractivity contribution is 9.10. The van der Waals surface area contributed by atoms with E-state index in [1.165, 1.54) is 17.4 Å². The molecule has 27 heavy (non-hydrogen) atoms. The summed E-state index contributed by atoms with van der Waals surface area (Å²) < 4.78 is 14.7. The molecule has 1 unspecified atom stereocenters. The Bertz CT molecular complexity index is 890. The molecule has 0 aliphatic heterocycles. The van der Waals surface area contributed by atoms with Gasteiger partial charge in [0.15, 0.2) is 0 Å². The third-order valence-corrected chi connectivity index (χ3v) is 5.33. The Kier molecular flexibility index (Phi) is 6.71. The van der Waals surface area contributed by atoms with Gasteiger partial charge in [-0.1, -0.05) is 46.3 Å². The van der Waals surface area contributed by atoms with Gasteiger partial charge in [-0.2, -0.15) is 0 Å². The molecule has 0 radical (unpaired) electrons. The van der Waals surface area contributed by atoms with Gasteiger partial charge in [-0.3, -0.25) is 9.69 Å². The van der Waals surface area contributed by atoms with Crippen LogP contribution in [0.4, 0.5) is 4.39 Å². The van der Waals surface area contributed by atoms with Gasteiger partial charge in [0.05, 0.1) is 6.54 Å². The first kappa shape index (κ1) is 19.7. The fraction of sp³-hybridized carbons (Fsp3) is 0.200. The largest absolute Gasteiger partial charge is 0.342 e.